The van der Waals surface area contributed by atoms with Crippen molar-refractivity contribution in [3.63, 3.8) is 0 Å². The van der Waals surface area contributed by atoms with Gasteiger partial charge in [0.05, 0.1) is 13.2 Å². The van der Waals surface area contributed by atoms with Gasteiger partial charge in [-0.05, 0) is 17.7 Å². The molecule has 20 heavy (non-hydrogen) atoms. The van der Waals surface area contributed by atoms with Gasteiger partial charge in [-0.2, -0.15) is 0 Å². The maximum atomic E-state index is 10.7. The SMILES string of the molecule is COc1ccccc1C(O)C(CN)c1ccccc1Cl. The van der Waals surface area contributed by atoms with Crippen molar-refractivity contribution in [2.24, 2.45) is 5.73 Å². The number of nitrogens with two attached hydrogens (primary N) is 1. The lowest BCUT2D eigenvalue weighted by atomic mass is 9.89. The largest absolute Gasteiger partial charge is 0.496 e. The molecule has 0 aliphatic heterocycles. The molecule has 2 atom stereocenters. The Hall–Kier alpha value is -1.55. The quantitative estimate of drug-likeness (QED) is 0.890. The summed E-state index contributed by atoms with van der Waals surface area (Å²) >= 11 is 6.21. The van der Waals surface area contributed by atoms with Gasteiger partial charge in [0.25, 0.3) is 0 Å². The molecule has 0 saturated heterocycles. The molecule has 0 aliphatic carbocycles. The molecule has 2 unspecified atom stereocenters. The predicted octanol–water partition coefficient (Wildman–Crippen LogP) is 3.12. The third kappa shape index (κ3) is 2.96. The van der Waals surface area contributed by atoms with Crippen LogP contribution in [-0.2, 0) is 0 Å². The molecule has 2 aromatic rings. The Morgan fingerprint density at radius 2 is 1.70 bits per heavy atom. The fourth-order valence-electron chi connectivity index (χ4n) is 2.33. The molecule has 3 N–H and O–H groups in total. The topological polar surface area (TPSA) is 55.5 Å². The van der Waals surface area contributed by atoms with Gasteiger partial charge in [0.15, 0.2) is 0 Å². The molecule has 106 valence electrons. The number of hydrogen-bond acceptors (Lipinski definition) is 3. The van der Waals surface area contributed by atoms with Crippen LogP contribution in [0.25, 0.3) is 0 Å². The molecule has 2 rings (SSSR count). The molecule has 3 nitrogen and oxygen atoms in total. The molecule has 4 heteroatoms. The van der Waals surface area contributed by atoms with Gasteiger partial charge >= 0.3 is 0 Å². The van der Waals surface area contributed by atoms with Crippen molar-refractivity contribution in [3.05, 3.63) is 64.7 Å². The van der Waals surface area contributed by atoms with E-state index in [-0.39, 0.29) is 5.92 Å². The van der Waals surface area contributed by atoms with E-state index >= 15 is 0 Å². The van der Waals surface area contributed by atoms with E-state index in [9.17, 15) is 5.11 Å². The zero-order valence-corrected chi connectivity index (χ0v) is 12.0. The van der Waals surface area contributed by atoms with E-state index in [4.69, 9.17) is 22.1 Å². The number of methoxy groups -OCH3 is 1. The van der Waals surface area contributed by atoms with Crippen LogP contribution in [0.5, 0.6) is 5.75 Å². The highest BCUT2D eigenvalue weighted by Crippen LogP contribution is 2.37. The summed E-state index contributed by atoms with van der Waals surface area (Å²) in [6, 6.07) is 14.8. The monoisotopic (exact) mass is 291 g/mol. The second kappa shape index (κ2) is 6.75. The number of ether oxygens (including phenoxy) is 1. The summed E-state index contributed by atoms with van der Waals surface area (Å²) < 4.78 is 5.29. The highest BCUT2D eigenvalue weighted by molar-refractivity contribution is 6.31. The van der Waals surface area contributed by atoms with E-state index in [1.54, 1.807) is 13.2 Å². The fourth-order valence-corrected chi connectivity index (χ4v) is 2.61. The van der Waals surface area contributed by atoms with Gasteiger partial charge in [-0.1, -0.05) is 48.0 Å². The molecule has 0 saturated carbocycles. The van der Waals surface area contributed by atoms with Crippen molar-refractivity contribution in [1.29, 1.82) is 0 Å². The number of hydrogen-bond donors (Lipinski definition) is 2. The minimum absolute atomic E-state index is 0.278. The van der Waals surface area contributed by atoms with Crippen LogP contribution >= 0.6 is 11.6 Å². The summed E-state index contributed by atoms with van der Waals surface area (Å²) in [5, 5.41) is 11.3. The summed E-state index contributed by atoms with van der Waals surface area (Å²) in [5.41, 5.74) is 7.40. The third-order valence-electron chi connectivity index (χ3n) is 3.40. The van der Waals surface area contributed by atoms with E-state index in [0.717, 1.165) is 5.56 Å². The zero-order valence-electron chi connectivity index (χ0n) is 11.3. The first-order valence-corrected chi connectivity index (χ1v) is 6.82. The molecule has 0 aromatic heterocycles. The van der Waals surface area contributed by atoms with Crippen LogP contribution < -0.4 is 10.5 Å². The van der Waals surface area contributed by atoms with Crippen molar-refractivity contribution in [1.82, 2.24) is 0 Å². The van der Waals surface area contributed by atoms with Gasteiger partial charge in [-0.3, -0.25) is 0 Å². The van der Waals surface area contributed by atoms with Crippen molar-refractivity contribution >= 4 is 11.6 Å². The Bertz CT molecular complexity index is 574. The number of halogens is 1. The first kappa shape index (κ1) is 14.9. The van der Waals surface area contributed by atoms with Crippen molar-refractivity contribution < 1.29 is 9.84 Å². The minimum atomic E-state index is -0.768. The normalized spacial score (nSPS) is 13.8. The summed E-state index contributed by atoms with van der Waals surface area (Å²) in [6.45, 7) is 0.295. The maximum Gasteiger partial charge on any atom is 0.124 e. The van der Waals surface area contributed by atoms with E-state index in [2.05, 4.69) is 0 Å². The number of aliphatic hydroxyl groups excluding tert-OH is 1. The summed E-state index contributed by atoms with van der Waals surface area (Å²) in [7, 11) is 1.58. The van der Waals surface area contributed by atoms with E-state index in [1.165, 1.54) is 0 Å². The van der Waals surface area contributed by atoms with Gasteiger partial charge in [0, 0.05) is 23.0 Å². The van der Waals surface area contributed by atoms with Crippen LogP contribution in [0.2, 0.25) is 5.02 Å². The highest BCUT2D eigenvalue weighted by Gasteiger charge is 2.25. The van der Waals surface area contributed by atoms with Crippen LogP contribution in [0.1, 0.15) is 23.1 Å². The average molecular weight is 292 g/mol. The Labute approximate surface area is 123 Å². The van der Waals surface area contributed by atoms with Gasteiger partial charge in [0.1, 0.15) is 5.75 Å². The lowest BCUT2D eigenvalue weighted by molar-refractivity contribution is 0.144. The molecular formula is C16H18ClNO2. The molecular weight excluding hydrogens is 274 g/mol. The number of para-hydroxylation sites is 1. The molecule has 0 aliphatic rings. The second-order valence-electron chi connectivity index (χ2n) is 4.55. The highest BCUT2D eigenvalue weighted by atomic mass is 35.5. The standard InChI is InChI=1S/C16H18ClNO2/c1-20-15-9-5-3-7-12(15)16(19)13(10-18)11-6-2-4-8-14(11)17/h2-9,13,16,19H,10,18H2,1H3. The molecule has 0 radical (unpaired) electrons. The molecule has 0 heterocycles. The van der Waals surface area contributed by atoms with Gasteiger partial charge in [-0.25, -0.2) is 0 Å². The number of rotatable bonds is 5. The summed E-state index contributed by atoms with van der Waals surface area (Å²) in [5.74, 6) is 0.366. The summed E-state index contributed by atoms with van der Waals surface area (Å²) in [4.78, 5) is 0. The first-order chi connectivity index (χ1) is 9.69. The molecule has 0 fully saturated rings. The van der Waals surface area contributed by atoms with Crippen molar-refractivity contribution in [3.8, 4) is 5.75 Å². The lowest BCUT2D eigenvalue weighted by Crippen LogP contribution is -2.21. The number of aliphatic hydroxyl groups is 1. The van der Waals surface area contributed by atoms with Crippen LogP contribution in [0.4, 0.5) is 0 Å². The Balaban J connectivity index is 2.39. The van der Waals surface area contributed by atoms with E-state index < -0.39 is 6.10 Å². The third-order valence-corrected chi connectivity index (χ3v) is 3.74. The van der Waals surface area contributed by atoms with Gasteiger partial charge in [0.2, 0.25) is 0 Å². The zero-order chi connectivity index (χ0) is 14.5. The second-order valence-corrected chi connectivity index (χ2v) is 4.96. The van der Waals surface area contributed by atoms with Gasteiger partial charge < -0.3 is 15.6 Å². The lowest BCUT2D eigenvalue weighted by Gasteiger charge is -2.24. The smallest absolute Gasteiger partial charge is 0.124 e. The Kier molecular flexibility index (Phi) is 5.01. The minimum Gasteiger partial charge on any atom is -0.496 e. The van der Waals surface area contributed by atoms with Crippen LogP contribution in [0, 0.1) is 0 Å². The Morgan fingerprint density at radius 1 is 1.10 bits per heavy atom. The average Bonchev–Trinajstić information content (AvgIpc) is 2.49. The predicted molar refractivity (Wildman–Crippen MR) is 81.2 cm³/mol. The van der Waals surface area contributed by atoms with Crippen molar-refractivity contribution in [2.75, 3.05) is 13.7 Å². The maximum absolute atomic E-state index is 10.7. The number of benzene rings is 2. The fraction of sp³-hybridized carbons (Fsp3) is 0.250. The van der Waals surface area contributed by atoms with Crippen LogP contribution in [0.3, 0.4) is 0 Å². The van der Waals surface area contributed by atoms with E-state index in [1.807, 2.05) is 42.5 Å². The van der Waals surface area contributed by atoms with Crippen molar-refractivity contribution in [2.45, 2.75) is 12.0 Å². The van der Waals surface area contributed by atoms with Crippen LogP contribution in [0.15, 0.2) is 48.5 Å². The summed E-state index contributed by atoms with van der Waals surface area (Å²) in [6.07, 6.45) is -0.768. The molecule has 0 spiro atoms. The van der Waals surface area contributed by atoms with E-state index in [0.29, 0.717) is 22.9 Å². The van der Waals surface area contributed by atoms with Gasteiger partial charge in [-0.15, -0.1) is 0 Å². The first-order valence-electron chi connectivity index (χ1n) is 6.44. The molecule has 2 aromatic carbocycles. The molecule has 0 amide bonds. The molecule has 0 bridgehead atoms. The van der Waals surface area contributed by atoms with Crippen LogP contribution in [-0.4, -0.2) is 18.8 Å². The Morgan fingerprint density at radius 3 is 2.30 bits per heavy atom.